The zero-order chi connectivity index (χ0) is 19.1. The number of nitrogens with zero attached hydrogens (tertiary/aromatic N) is 1. The predicted octanol–water partition coefficient (Wildman–Crippen LogP) is 2.13. The van der Waals surface area contributed by atoms with Crippen LogP contribution in [0.4, 0.5) is 0 Å². The van der Waals surface area contributed by atoms with E-state index in [1.54, 1.807) is 37.4 Å². The van der Waals surface area contributed by atoms with E-state index in [2.05, 4.69) is 16.4 Å². The van der Waals surface area contributed by atoms with E-state index >= 15 is 0 Å². The van der Waals surface area contributed by atoms with Gasteiger partial charge in [0.2, 0.25) is 12.7 Å². The van der Waals surface area contributed by atoms with Gasteiger partial charge in [-0.15, -0.1) is 6.42 Å². The Morgan fingerprint density at radius 1 is 1.30 bits per heavy atom. The van der Waals surface area contributed by atoms with E-state index in [4.69, 9.17) is 25.4 Å². The Morgan fingerprint density at radius 3 is 2.96 bits per heavy atom. The number of rotatable bonds is 7. The van der Waals surface area contributed by atoms with Crippen LogP contribution in [0.2, 0.25) is 0 Å². The molecular weight excluding hydrogens is 348 g/mol. The van der Waals surface area contributed by atoms with Crippen LogP contribution in [0.15, 0.2) is 41.5 Å². The number of ether oxygens (including phenoxy) is 4. The summed E-state index contributed by atoms with van der Waals surface area (Å²) in [7, 11) is 1.56. The average Bonchev–Trinajstić information content (AvgIpc) is 3.14. The maximum absolute atomic E-state index is 12.1. The first kappa shape index (κ1) is 18.1. The second-order valence-corrected chi connectivity index (χ2v) is 5.55. The normalized spacial score (nSPS) is 11.9. The maximum Gasteiger partial charge on any atom is 0.244 e. The lowest BCUT2D eigenvalue weighted by atomic mass is 10.1. The largest absolute Gasteiger partial charge is 0.497 e. The van der Waals surface area contributed by atoms with Crippen molar-refractivity contribution >= 4 is 12.1 Å². The molecule has 0 spiro atoms. The Balaban J connectivity index is 1.62. The Hall–Kier alpha value is -3.66. The molecule has 1 heterocycles. The molecule has 0 fully saturated rings. The molecule has 7 nitrogen and oxygen atoms in total. The molecule has 0 aliphatic carbocycles. The summed E-state index contributed by atoms with van der Waals surface area (Å²) in [4.78, 5) is 12.1. The quantitative estimate of drug-likeness (QED) is 0.461. The summed E-state index contributed by atoms with van der Waals surface area (Å²) in [6, 6.07) is 10.6. The first-order chi connectivity index (χ1) is 13.2. The van der Waals surface area contributed by atoms with Crippen molar-refractivity contribution in [1.29, 1.82) is 0 Å². The highest BCUT2D eigenvalue weighted by atomic mass is 16.7. The van der Waals surface area contributed by atoms with Crippen molar-refractivity contribution in [2.24, 2.45) is 5.10 Å². The molecule has 3 rings (SSSR count). The van der Waals surface area contributed by atoms with Crippen LogP contribution in [0, 0.1) is 12.3 Å². The molecule has 0 saturated carbocycles. The van der Waals surface area contributed by atoms with Gasteiger partial charge in [-0.25, -0.2) is 5.43 Å². The number of fused-ring (bicyclic) bond motifs is 1. The molecule has 2 aromatic carbocycles. The maximum atomic E-state index is 12.1. The number of hydrazone groups is 1. The van der Waals surface area contributed by atoms with Crippen molar-refractivity contribution in [2.75, 3.05) is 20.5 Å². The van der Waals surface area contributed by atoms with Gasteiger partial charge in [0.15, 0.2) is 11.5 Å². The van der Waals surface area contributed by atoms with Gasteiger partial charge in [-0.1, -0.05) is 12.0 Å². The fourth-order valence-electron chi connectivity index (χ4n) is 2.45. The summed E-state index contributed by atoms with van der Waals surface area (Å²) >= 11 is 0. The third-order valence-electron chi connectivity index (χ3n) is 3.72. The number of benzene rings is 2. The average molecular weight is 366 g/mol. The molecule has 0 radical (unpaired) electrons. The smallest absolute Gasteiger partial charge is 0.244 e. The van der Waals surface area contributed by atoms with E-state index in [1.807, 2.05) is 6.07 Å². The molecule has 0 aromatic heterocycles. The second-order valence-electron chi connectivity index (χ2n) is 5.55. The zero-order valence-electron chi connectivity index (χ0n) is 14.7. The highest BCUT2D eigenvalue weighted by Crippen LogP contribution is 2.32. The Kier molecular flexibility index (Phi) is 5.80. The van der Waals surface area contributed by atoms with Crippen LogP contribution in [0.5, 0.6) is 23.0 Å². The molecule has 0 bridgehead atoms. The second kappa shape index (κ2) is 8.63. The van der Waals surface area contributed by atoms with Gasteiger partial charge in [-0.3, -0.25) is 4.79 Å². The summed E-state index contributed by atoms with van der Waals surface area (Å²) in [6.45, 7) is 0.323. The topological polar surface area (TPSA) is 78.4 Å². The van der Waals surface area contributed by atoms with E-state index in [1.165, 1.54) is 6.21 Å². The van der Waals surface area contributed by atoms with Crippen molar-refractivity contribution in [2.45, 2.75) is 6.42 Å². The molecule has 2 aromatic rings. The lowest BCUT2D eigenvalue weighted by Gasteiger charge is -2.08. The monoisotopic (exact) mass is 366 g/mol. The fourth-order valence-corrected chi connectivity index (χ4v) is 2.45. The van der Waals surface area contributed by atoms with Gasteiger partial charge in [0, 0.05) is 5.56 Å². The van der Waals surface area contributed by atoms with Crippen LogP contribution in [0.3, 0.4) is 0 Å². The molecule has 27 heavy (non-hydrogen) atoms. The van der Waals surface area contributed by atoms with Crippen molar-refractivity contribution in [3.05, 3.63) is 47.5 Å². The van der Waals surface area contributed by atoms with Gasteiger partial charge >= 0.3 is 0 Å². The molecule has 1 aliphatic rings. The summed E-state index contributed by atoms with van der Waals surface area (Å²) in [6.07, 6.45) is 6.86. The molecule has 0 saturated heterocycles. The van der Waals surface area contributed by atoms with Gasteiger partial charge in [-0.05, 0) is 35.9 Å². The molecular formula is C20H18N2O5. The van der Waals surface area contributed by atoms with Gasteiger partial charge in [0.25, 0.3) is 0 Å². The number of carbonyl (C=O) groups is 1. The number of methoxy groups -OCH3 is 1. The highest BCUT2D eigenvalue weighted by Gasteiger charge is 2.14. The van der Waals surface area contributed by atoms with Crippen LogP contribution in [-0.2, 0) is 11.2 Å². The van der Waals surface area contributed by atoms with Crippen molar-refractivity contribution in [3.8, 4) is 35.3 Å². The van der Waals surface area contributed by atoms with Crippen LogP contribution in [0.1, 0.15) is 11.1 Å². The molecule has 1 amide bonds. The molecule has 7 heteroatoms. The summed E-state index contributed by atoms with van der Waals surface area (Å²) in [5.41, 5.74) is 3.92. The summed E-state index contributed by atoms with van der Waals surface area (Å²) < 4.78 is 21.2. The minimum absolute atomic E-state index is 0.129. The Morgan fingerprint density at radius 2 is 2.15 bits per heavy atom. The van der Waals surface area contributed by atoms with Crippen LogP contribution < -0.4 is 24.4 Å². The van der Waals surface area contributed by atoms with E-state index in [-0.39, 0.29) is 25.7 Å². The number of nitrogens with one attached hydrogen (secondary N) is 1. The third-order valence-corrected chi connectivity index (χ3v) is 3.72. The molecule has 138 valence electrons. The van der Waals surface area contributed by atoms with Crippen molar-refractivity contribution in [3.63, 3.8) is 0 Å². The molecule has 1 aliphatic heterocycles. The van der Waals surface area contributed by atoms with Crippen molar-refractivity contribution in [1.82, 2.24) is 5.43 Å². The number of terminal acetylenes is 1. The number of hydrogen-bond acceptors (Lipinski definition) is 6. The van der Waals surface area contributed by atoms with E-state index in [9.17, 15) is 4.79 Å². The van der Waals surface area contributed by atoms with Gasteiger partial charge in [0.05, 0.1) is 19.7 Å². The number of carbonyl (C=O) groups excluding carboxylic acids is 1. The Labute approximate surface area is 156 Å². The third kappa shape index (κ3) is 4.70. The first-order valence-electron chi connectivity index (χ1n) is 8.14. The van der Waals surface area contributed by atoms with Gasteiger partial charge in [0.1, 0.15) is 18.1 Å². The molecule has 0 unspecified atom stereocenters. The van der Waals surface area contributed by atoms with E-state index in [0.29, 0.717) is 28.6 Å². The highest BCUT2D eigenvalue weighted by molar-refractivity contribution is 5.86. The lowest BCUT2D eigenvalue weighted by Crippen LogP contribution is -2.19. The minimum Gasteiger partial charge on any atom is -0.497 e. The minimum atomic E-state index is -0.265. The standard InChI is InChI=1S/C20H18N2O5/c1-3-8-25-17-7-5-16(24-2)11-15(17)12-21-22-20(23)10-14-4-6-18-19(9-14)27-13-26-18/h1,4-7,9,11-12H,8,10,13H2,2H3,(H,22,23)/b21-12-. The number of amides is 1. The van der Waals surface area contributed by atoms with Crippen molar-refractivity contribution < 1.29 is 23.7 Å². The van der Waals surface area contributed by atoms with Crippen LogP contribution in [-0.4, -0.2) is 32.6 Å². The van der Waals surface area contributed by atoms with Crippen LogP contribution >= 0.6 is 0 Å². The van der Waals surface area contributed by atoms with E-state index < -0.39 is 0 Å². The summed E-state index contributed by atoms with van der Waals surface area (Å²) in [5, 5.41) is 3.99. The van der Waals surface area contributed by atoms with Crippen LogP contribution in [0.25, 0.3) is 0 Å². The number of hydrogen-bond donors (Lipinski definition) is 1. The SMILES string of the molecule is C#CCOc1ccc(OC)cc1/C=N\NC(=O)Cc1ccc2c(c1)OCO2. The van der Waals surface area contributed by atoms with Gasteiger partial charge in [-0.2, -0.15) is 5.10 Å². The lowest BCUT2D eigenvalue weighted by molar-refractivity contribution is -0.120. The first-order valence-corrected chi connectivity index (χ1v) is 8.14. The predicted molar refractivity (Wildman–Crippen MR) is 99.3 cm³/mol. The van der Waals surface area contributed by atoms with Gasteiger partial charge < -0.3 is 18.9 Å². The van der Waals surface area contributed by atoms with E-state index in [0.717, 1.165) is 5.56 Å². The summed E-state index contributed by atoms with van der Waals surface area (Å²) in [5.74, 6) is 4.63. The molecule has 1 N–H and O–H groups in total. The molecule has 0 atom stereocenters. The Bertz CT molecular complexity index is 902. The fraction of sp³-hybridized carbons (Fsp3) is 0.200. The zero-order valence-corrected chi connectivity index (χ0v) is 14.7.